The predicted octanol–water partition coefficient (Wildman–Crippen LogP) is 5.21. The third-order valence-electron chi connectivity index (χ3n) is 6.72. The van der Waals surface area contributed by atoms with E-state index in [9.17, 15) is 18.8 Å². The lowest BCUT2D eigenvalue weighted by atomic mass is 10.0. The summed E-state index contributed by atoms with van der Waals surface area (Å²) in [6, 6.07) is 4.93. The molecule has 40 heavy (non-hydrogen) atoms. The number of fused-ring (bicyclic) bond motifs is 1. The first-order valence-corrected chi connectivity index (χ1v) is 14.1. The molecule has 3 aromatic heterocycles. The summed E-state index contributed by atoms with van der Waals surface area (Å²) in [5, 5.41) is 5.32. The number of methoxy groups -OCH3 is 1. The van der Waals surface area contributed by atoms with Gasteiger partial charge in [-0.1, -0.05) is 25.2 Å². The van der Waals surface area contributed by atoms with E-state index >= 15 is 0 Å². The minimum absolute atomic E-state index is 0.0444. The number of carbonyl (C=O) groups excluding carboxylic acids is 1. The molecule has 0 aliphatic carbocycles. The lowest BCUT2D eigenvalue weighted by Gasteiger charge is -2.25. The van der Waals surface area contributed by atoms with Gasteiger partial charge < -0.3 is 9.47 Å². The number of ether oxygens (including phenoxy) is 2. The van der Waals surface area contributed by atoms with E-state index in [0.717, 1.165) is 4.57 Å². The van der Waals surface area contributed by atoms with E-state index in [-0.39, 0.29) is 30.8 Å². The minimum Gasteiger partial charge on any atom is -0.496 e. The fourth-order valence-corrected chi connectivity index (χ4v) is 6.09. The van der Waals surface area contributed by atoms with E-state index in [1.54, 1.807) is 37.0 Å². The van der Waals surface area contributed by atoms with Gasteiger partial charge in [-0.3, -0.25) is 14.2 Å². The first-order valence-electron chi connectivity index (χ1n) is 13.2. The SMILES string of the molecule is COc1ccc(F)cc1[C@H](Cn1c(=O)n(C(C)C(=O)CC(C)C)c(=O)c2c(C)c(-n3cccn3)sc21)OC(C)C. The first kappa shape index (κ1) is 29.4. The van der Waals surface area contributed by atoms with Crippen molar-refractivity contribution in [2.24, 2.45) is 5.92 Å². The van der Waals surface area contributed by atoms with E-state index < -0.39 is 29.2 Å². The summed E-state index contributed by atoms with van der Waals surface area (Å²) < 4.78 is 30.3. The van der Waals surface area contributed by atoms with E-state index in [2.05, 4.69) is 5.10 Å². The standard InChI is InChI=1S/C29H35FN4O5S/c1-16(2)13-22(35)19(6)34-26(36)25-18(5)27(33-12-8-11-31-33)40-28(25)32(29(34)37)15-24(39-17(3)4)21-14-20(30)9-10-23(21)38-7/h8-12,14,16-17,19,24H,13,15H2,1-7H3/t19?,24-/m0/s1. The Kier molecular flexibility index (Phi) is 8.74. The van der Waals surface area contributed by atoms with Crippen molar-refractivity contribution in [1.29, 1.82) is 0 Å². The molecule has 4 rings (SSSR count). The number of carbonyl (C=O) groups is 1. The largest absolute Gasteiger partial charge is 0.496 e. The van der Waals surface area contributed by atoms with E-state index in [0.29, 0.717) is 32.1 Å². The van der Waals surface area contributed by atoms with Crippen LogP contribution in [0.1, 0.15) is 64.3 Å². The van der Waals surface area contributed by atoms with Gasteiger partial charge in [-0.05, 0) is 57.9 Å². The van der Waals surface area contributed by atoms with Crippen LogP contribution in [0.4, 0.5) is 4.39 Å². The second-order valence-corrected chi connectivity index (χ2v) is 11.5. The van der Waals surface area contributed by atoms with Crippen molar-refractivity contribution in [3.8, 4) is 10.8 Å². The van der Waals surface area contributed by atoms with Gasteiger partial charge in [-0.15, -0.1) is 0 Å². The number of Topliss-reactive ketones (excluding diaryl/α,β-unsaturated/α-hetero) is 1. The summed E-state index contributed by atoms with van der Waals surface area (Å²) in [6.45, 7) is 10.8. The molecule has 1 aromatic carbocycles. The highest BCUT2D eigenvalue weighted by atomic mass is 32.1. The van der Waals surface area contributed by atoms with Crippen LogP contribution in [0.25, 0.3) is 15.2 Å². The second kappa shape index (κ2) is 11.9. The molecule has 214 valence electrons. The zero-order chi connectivity index (χ0) is 29.3. The number of hydrogen-bond acceptors (Lipinski definition) is 7. The molecule has 0 spiro atoms. The molecule has 11 heteroatoms. The summed E-state index contributed by atoms with van der Waals surface area (Å²) in [7, 11) is 1.48. The maximum Gasteiger partial charge on any atom is 0.332 e. The van der Waals surface area contributed by atoms with Crippen molar-refractivity contribution in [3.63, 3.8) is 0 Å². The number of aryl methyl sites for hydroxylation is 1. The number of benzene rings is 1. The number of thiophene rings is 1. The third-order valence-corrected chi connectivity index (χ3v) is 8.02. The summed E-state index contributed by atoms with van der Waals surface area (Å²) in [4.78, 5) is 41.5. The van der Waals surface area contributed by atoms with Crippen molar-refractivity contribution >= 4 is 27.3 Å². The fourth-order valence-electron chi connectivity index (χ4n) is 4.85. The van der Waals surface area contributed by atoms with Gasteiger partial charge in [0.15, 0.2) is 5.78 Å². The molecule has 0 radical (unpaired) electrons. The van der Waals surface area contributed by atoms with Crippen LogP contribution in [0.3, 0.4) is 0 Å². The molecule has 0 N–H and O–H groups in total. The highest BCUT2D eigenvalue weighted by molar-refractivity contribution is 7.21. The molecule has 9 nitrogen and oxygen atoms in total. The van der Waals surface area contributed by atoms with Gasteiger partial charge in [0.25, 0.3) is 5.56 Å². The second-order valence-electron chi connectivity index (χ2n) is 10.5. The third kappa shape index (κ3) is 5.66. The Labute approximate surface area is 235 Å². The molecule has 0 amide bonds. The number of rotatable bonds is 11. The van der Waals surface area contributed by atoms with Gasteiger partial charge in [-0.2, -0.15) is 5.10 Å². The molecule has 0 saturated heterocycles. The zero-order valence-electron chi connectivity index (χ0n) is 23.8. The monoisotopic (exact) mass is 570 g/mol. The van der Waals surface area contributed by atoms with Gasteiger partial charge in [0.2, 0.25) is 0 Å². The molecule has 0 saturated carbocycles. The lowest BCUT2D eigenvalue weighted by molar-refractivity contribution is -0.122. The molecule has 3 heterocycles. The Balaban J connectivity index is 2.01. The maximum absolute atomic E-state index is 14.4. The van der Waals surface area contributed by atoms with Crippen LogP contribution >= 0.6 is 11.3 Å². The van der Waals surface area contributed by atoms with Crippen molar-refractivity contribution in [1.82, 2.24) is 18.9 Å². The van der Waals surface area contributed by atoms with Gasteiger partial charge in [0.1, 0.15) is 27.5 Å². The molecular formula is C29H35FN4O5S. The van der Waals surface area contributed by atoms with Gasteiger partial charge in [-0.25, -0.2) is 18.4 Å². The Bertz CT molecular complexity index is 1630. The summed E-state index contributed by atoms with van der Waals surface area (Å²) >= 11 is 1.25. The highest BCUT2D eigenvalue weighted by Crippen LogP contribution is 2.34. The molecule has 0 fully saturated rings. The van der Waals surface area contributed by atoms with Crippen LogP contribution < -0.4 is 16.0 Å². The van der Waals surface area contributed by atoms with Crippen LogP contribution in [0, 0.1) is 18.7 Å². The number of ketones is 1. The molecule has 4 aromatic rings. The summed E-state index contributed by atoms with van der Waals surface area (Å²) in [6.07, 6.45) is 2.55. The van der Waals surface area contributed by atoms with Crippen LogP contribution in [0.2, 0.25) is 0 Å². The van der Waals surface area contributed by atoms with Crippen LogP contribution in [-0.2, 0) is 16.1 Å². The Morgan fingerprint density at radius 2 is 1.88 bits per heavy atom. The average Bonchev–Trinajstić information content (AvgIpc) is 3.53. The van der Waals surface area contributed by atoms with Gasteiger partial charge >= 0.3 is 5.69 Å². The zero-order valence-corrected chi connectivity index (χ0v) is 24.6. The summed E-state index contributed by atoms with van der Waals surface area (Å²) in [5.41, 5.74) is -0.0938. The van der Waals surface area contributed by atoms with Crippen molar-refractivity contribution in [3.05, 3.63) is 74.4 Å². The fraction of sp³-hybridized carbons (Fsp3) is 0.448. The van der Waals surface area contributed by atoms with Crippen molar-refractivity contribution in [2.75, 3.05) is 7.11 Å². The predicted molar refractivity (Wildman–Crippen MR) is 153 cm³/mol. The number of aromatic nitrogens is 4. The molecule has 0 aliphatic heterocycles. The van der Waals surface area contributed by atoms with E-state index in [4.69, 9.17) is 9.47 Å². The summed E-state index contributed by atoms with van der Waals surface area (Å²) in [5.74, 6) is -0.210. The number of halogens is 1. The minimum atomic E-state index is -0.973. The molecule has 2 atom stereocenters. The number of hydrogen-bond donors (Lipinski definition) is 0. The normalized spacial score (nSPS) is 13.3. The lowest BCUT2D eigenvalue weighted by Crippen LogP contribution is -2.44. The van der Waals surface area contributed by atoms with Crippen molar-refractivity contribution < 1.29 is 18.7 Å². The smallest absolute Gasteiger partial charge is 0.332 e. The Morgan fingerprint density at radius 1 is 1.15 bits per heavy atom. The topological polar surface area (TPSA) is 97.3 Å². The quantitative estimate of drug-likeness (QED) is 0.246. The average molecular weight is 571 g/mol. The molecular weight excluding hydrogens is 535 g/mol. The van der Waals surface area contributed by atoms with Crippen molar-refractivity contribution in [2.45, 2.75) is 72.8 Å². The van der Waals surface area contributed by atoms with Gasteiger partial charge in [0, 0.05) is 29.9 Å². The molecule has 0 bridgehead atoms. The molecule has 0 aliphatic rings. The Morgan fingerprint density at radius 3 is 2.48 bits per heavy atom. The Hall–Kier alpha value is -3.57. The molecule has 1 unspecified atom stereocenters. The van der Waals surface area contributed by atoms with Crippen LogP contribution in [0.15, 0.2) is 46.2 Å². The maximum atomic E-state index is 14.4. The van der Waals surface area contributed by atoms with Crippen LogP contribution in [0.5, 0.6) is 5.75 Å². The van der Waals surface area contributed by atoms with E-state index in [1.807, 2.05) is 27.7 Å². The first-order chi connectivity index (χ1) is 18.9. The van der Waals surface area contributed by atoms with Gasteiger partial charge in [0.05, 0.1) is 31.2 Å². The van der Waals surface area contributed by atoms with Crippen LogP contribution in [-0.4, -0.2) is 37.9 Å². The van der Waals surface area contributed by atoms with E-state index in [1.165, 1.54) is 41.2 Å². The highest BCUT2D eigenvalue weighted by Gasteiger charge is 2.29. The number of nitrogens with zero attached hydrogens (tertiary/aromatic N) is 4.